The molecule has 26 heavy (non-hydrogen) atoms. The van der Waals surface area contributed by atoms with Gasteiger partial charge in [0.2, 0.25) is 0 Å². The Morgan fingerprint density at radius 3 is 2.58 bits per heavy atom. The van der Waals surface area contributed by atoms with Gasteiger partial charge in [0.15, 0.2) is 12.1 Å². The van der Waals surface area contributed by atoms with Crippen LogP contribution in [0.2, 0.25) is 0 Å². The van der Waals surface area contributed by atoms with Crippen LogP contribution >= 0.6 is 0 Å². The third-order valence-electron chi connectivity index (χ3n) is 4.79. The van der Waals surface area contributed by atoms with Gasteiger partial charge < -0.3 is 29.0 Å². The molecule has 0 aromatic carbocycles. The van der Waals surface area contributed by atoms with Crippen molar-refractivity contribution in [2.75, 3.05) is 32.7 Å². The lowest BCUT2D eigenvalue weighted by atomic mass is 10.1. The first-order valence-corrected chi connectivity index (χ1v) is 9.43. The molecule has 3 saturated heterocycles. The predicted molar refractivity (Wildman–Crippen MR) is 93.6 cm³/mol. The monoisotopic (exact) mass is 372 g/mol. The maximum Gasteiger partial charge on any atom is 0.410 e. The van der Waals surface area contributed by atoms with Gasteiger partial charge in [0.25, 0.3) is 0 Å². The minimum absolute atomic E-state index is 0.268. The quantitative estimate of drug-likeness (QED) is 0.779. The molecule has 0 spiro atoms. The number of aliphatic hydroxyl groups excluding tert-OH is 1. The largest absolute Gasteiger partial charge is 0.444 e. The summed E-state index contributed by atoms with van der Waals surface area (Å²) in [6.45, 7) is 12.7. The van der Waals surface area contributed by atoms with Crippen molar-refractivity contribution in [3.05, 3.63) is 0 Å². The van der Waals surface area contributed by atoms with Crippen molar-refractivity contribution in [3.63, 3.8) is 0 Å². The highest BCUT2D eigenvalue weighted by molar-refractivity contribution is 5.68. The highest BCUT2D eigenvalue weighted by Crippen LogP contribution is 2.37. The fourth-order valence-electron chi connectivity index (χ4n) is 3.63. The van der Waals surface area contributed by atoms with Crippen LogP contribution in [0.25, 0.3) is 0 Å². The van der Waals surface area contributed by atoms with Gasteiger partial charge in [-0.05, 0) is 41.0 Å². The first kappa shape index (κ1) is 19.8. The summed E-state index contributed by atoms with van der Waals surface area (Å²) in [4.78, 5) is 16.2. The van der Waals surface area contributed by atoms with Gasteiger partial charge in [-0.3, -0.25) is 4.90 Å². The zero-order valence-electron chi connectivity index (χ0n) is 16.4. The number of aliphatic hydroxyl groups is 1. The molecule has 3 aliphatic heterocycles. The van der Waals surface area contributed by atoms with Gasteiger partial charge >= 0.3 is 6.09 Å². The molecule has 1 amide bonds. The Morgan fingerprint density at radius 1 is 1.19 bits per heavy atom. The second kappa shape index (κ2) is 7.24. The molecule has 0 radical (unpaired) electrons. The highest BCUT2D eigenvalue weighted by atomic mass is 16.8. The van der Waals surface area contributed by atoms with E-state index in [1.807, 2.05) is 34.6 Å². The summed E-state index contributed by atoms with van der Waals surface area (Å²) in [5, 5.41) is 10.5. The van der Waals surface area contributed by atoms with Crippen LogP contribution in [-0.2, 0) is 18.9 Å². The second-order valence-corrected chi connectivity index (χ2v) is 8.76. The van der Waals surface area contributed by atoms with E-state index in [1.54, 1.807) is 4.90 Å². The molecule has 0 unspecified atom stereocenters. The van der Waals surface area contributed by atoms with Gasteiger partial charge in [-0.25, -0.2) is 4.79 Å². The van der Waals surface area contributed by atoms with E-state index >= 15 is 0 Å². The van der Waals surface area contributed by atoms with E-state index in [1.165, 1.54) is 0 Å². The summed E-state index contributed by atoms with van der Waals surface area (Å²) >= 11 is 0. The number of rotatable bonds is 2. The molecule has 4 atom stereocenters. The van der Waals surface area contributed by atoms with Gasteiger partial charge in [-0.2, -0.15) is 0 Å². The van der Waals surface area contributed by atoms with Crippen molar-refractivity contribution in [2.45, 2.75) is 77.0 Å². The molecule has 1 N–H and O–H groups in total. The molecule has 3 aliphatic rings. The van der Waals surface area contributed by atoms with Gasteiger partial charge in [0, 0.05) is 32.7 Å². The molecule has 8 nitrogen and oxygen atoms in total. The first-order chi connectivity index (χ1) is 12.0. The summed E-state index contributed by atoms with van der Waals surface area (Å²) in [7, 11) is 0. The maximum absolute atomic E-state index is 12.3. The summed E-state index contributed by atoms with van der Waals surface area (Å²) < 4.78 is 22.8. The third kappa shape index (κ3) is 4.67. The average Bonchev–Trinajstić information content (AvgIpc) is 2.82. The van der Waals surface area contributed by atoms with Crippen molar-refractivity contribution >= 4 is 6.09 Å². The molecule has 0 aromatic heterocycles. The van der Waals surface area contributed by atoms with E-state index in [9.17, 15) is 9.90 Å². The average molecular weight is 372 g/mol. The Balaban J connectivity index is 1.49. The lowest BCUT2D eigenvalue weighted by Crippen LogP contribution is -2.43. The number of nitrogens with zero attached hydrogens (tertiary/aromatic N) is 2. The number of amides is 1. The van der Waals surface area contributed by atoms with Crippen molar-refractivity contribution in [2.24, 2.45) is 0 Å². The van der Waals surface area contributed by atoms with E-state index in [0.29, 0.717) is 26.2 Å². The lowest BCUT2D eigenvalue weighted by molar-refractivity contribution is -0.216. The Kier molecular flexibility index (Phi) is 5.52. The predicted octanol–water partition coefficient (Wildman–Crippen LogP) is 1.17. The van der Waals surface area contributed by atoms with Crippen LogP contribution in [0.3, 0.4) is 0 Å². The summed E-state index contributed by atoms with van der Waals surface area (Å²) in [5.74, 6) is -0.724. The number of ether oxygens (including phenoxy) is 4. The zero-order chi connectivity index (χ0) is 19.1. The molecular formula is C18H32N2O6. The Hall–Kier alpha value is -0.930. The number of carbonyl (C=O) groups is 1. The zero-order valence-corrected chi connectivity index (χ0v) is 16.4. The molecule has 0 aliphatic carbocycles. The molecule has 0 saturated carbocycles. The van der Waals surface area contributed by atoms with Crippen LogP contribution in [0, 0.1) is 0 Å². The maximum atomic E-state index is 12.3. The van der Waals surface area contributed by atoms with Crippen LogP contribution in [0.5, 0.6) is 0 Å². The topological polar surface area (TPSA) is 80.7 Å². The van der Waals surface area contributed by atoms with Crippen molar-refractivity contribution in [3.8, 4) is 0 Å². The van der Waals surface area contributed by atoms with E-state index in [4.69, 9.17) is 18.9 Å². The highest BCUT2D eigenvalue weighted by Gasteiger charge is 2.54. The van der Waals surface area contributed by atoms with Crippen molar-refractivity contribution < 1.29 is 28.8 Å². The smallest absolute Gasteiger partial charge is 0.410 e. The summed E-state index contributed by atoms with van der Waals surface area (Å²) in [6, 6.07) is 0. The van der Waals surface area contributed by atoms with E-state index < -0.39 is 29.9 Å². The van der Waals surface area contributed by atoms with Gasteiger partial charge in [-0.15, -0.1) is 0 Å². The normalized spacial score (nSPS) is 35.2. The lowest BCUT2D eigenvalue weighted by Gasteiger charge is -2.28. The van der Waals surface area contributed by atoms with Gasteiger partial charge in [0.1, 0.15) is 23.9 Å². The van der Waals surface area contributed by atoms with E-state index in [-0.39, 0.29) is 12.2 Å². The number of fused-ring (bicyclic) bond motifs is 1. The first-order valence-electron chi connectivity index (χ1n) is 9.43. The summed E-state index contributed by atoms with van der Waals surface area (Å²) in [5.41, 5.74) is -0.490. The minimum Gasteiger partial charge on any atom is -0.444 e. The van der Waals surface area contributed by atoms with Crippen LogP contribution in [0.15, 0.2) is 0 Å². The standard InChI is InChI=1S/C18H32N2O6/c1-17(2,3)26-16(22)20-8-6-7-19(9-10-20)11-12-13(21)14-15(23-12)25-18(4,5)24-14/h12-15,21H,6-11H2,1-5H3/t12-,13-,14+,15-/m1/s1. The molecule has 3 fully saturated rings. The van der Waals surface area contributed by atoms with Crippen LogP contribution < -0.4 is 0 Å². The molecule has 0 bridgehead atoms. The van der Waals surface area contributed by atoms with Crippen molar-refractivity contribution in [1.29, 1.82) is 0 Å². The van der Waals surface area contributed by atoms with Crippen molar-refractivity contribution in [1.82, 2.24) is 9.80 Å². The number of carbonyl (C=O) groups excluding carboxylic acids is 1. The Bertz CT molecular complexity index is 520. The fourth-order valence-corrected chi connectivity index (χ4v) is 3.63. The van der Waals surface area contributed by atoms with E-state index in [2.05, 4.69) is 4.90 Å². The SMILES string of the molecule is CC(C)(C)OC(=O)N1CCCN(C[C@H]2O[C@@H]3OC(C)(C)O[C@H]3[C@@H]2O)CC1. The molecule has 3 heterocycles. The second-order valence-electron chi connectivity index (χ2n) is 8.76. The number of hydrogen-bond donors (Lipinski definition) is 1. The molecule has 3 rings (SSSR count). The van der Waals surface area contributed by atoms with Gasteiger partial charge in [-0.1, -0.05) is 0 Å². The minimum atomic E-state index is -0.724. The van der Waals surface area contributed by atoms with Crippen LogP contribution in [0.4, 0.5) is 4.79 Å². The Morgan fingerprint density at radius 2 is 1.92 bits per heavy atom. The Labute approximate surface area is 155 Å². The molecular weight excluding hydrogens is 340 g/mol. The molecule has 150 valence electrons. The van der Waals surface area contributed by atoms with Crippen LogP contribution in [0.1, 0.15) is 41.0 Å². The number of hydrogen-bond acceptors (Lipinski definition) is 7. The summed E-state index contributed by atoms with van der Waals surface area (Å²) in [6.07, 6.45) is -1.44. The molecule has 0 aromatic rings. The molecule has 8 heteroatoms. The van der Waals surface area contributed by atoms with E-state index in [0.717, 1.165) is 13.0 Å². The fraction of sp³-hybridized carbons (Fsp3) is 0.944. The van der Waals surface area contributed by atoms with Crippen LogP contribution in [-0.4, -0.2) is 89.7 Å². The third-order valence-corrected chi connectivity index (χ3v) is 4.79. The van der Waals surface area contributed by atoms with Gasteiger partial charge in [0.05, 0.1) is 0 Å².